The van der Waals surface area contributed by atoms with Gasteiger partial charge in [0.1, 0.15) is 5.75 Å². The lowest BCUT2D eigenvalue weighted by molar-refractivity contribution is 0.0600. The molecule has 0 spiro atoms. The number of methoxy groups -OCH3 is 1. The van der Waals surface area contributed by atoms with Gasteiger partial charge in [0.15, 0.2) is 0 Å². The van der Waals surface area contributed by atoms with E-state index in [1.165, 1.54) is 7.11 Å². The summed E-state index contributed by atoms with van der Waals surface area (Å²) in [6.07, 6.45) is 2.88. The molecule has 1 aliphatic heterocycles. The predicted molar refractivity (Wildman–Crippen MR) is 69.2 cm³/mol. The van der Waals surface area contributed by atoms with E-state index >= 15 is 0 Å². The van der Waals surface area contributed by atoms with E-state index in [2.05, 4.69) is 4.74 Å². The Morgan fingerprint density at radius 1 is 1.05 bits per heavy atom. The Kier molecular flexibility index (Phi) is 4.39. The lowest BCUT2D eigenvalue weighted by Gasteiger charge is -2.25. The monoisotopic (exact) mass is 263 g/mol. The summed E-state index contributed by atoms with van der Waals surface area (Å²) < 4.78 is 9.85. The lowest BCUT2D eigenvalue weighted by Crippen LogP contribution is -2.37. The van der Waals surface area contributed by atoms with Gasteiger partial charge in [-0.3, -0.25) is 0 Å². The molecule has 102 valence electrons. The van der Waals surface area contributed by atoms with Gasteiger partial charge >= 0.3 is 12.1 Å². The van der Waals surface area contributed by atoms with E-state index < -0.39 is 5.97 Å². The second-order valence-corrected chi connectivity index (χ2v) is 4.43. The van der Waals surface area contributed by atoms with Crippen molar-refractivity contribution in [2.75, 3.05) is 20.2 Å². The summed E-state index contributed by atoms with van der Waals surface area (Å²) in [6.45, 7) is 1.50. The number of rotatable bonds is 2. The molecule has 0 aromatic heterocycles. The maximum atomic E-state index is 11.9. The number of carbonyl (C=O) groups excluding carboxylic acids is 2. The van der Waals surface area contributed by atoms with Gasteiger partial charge in [-0.25, -0.2) is 9.59 Å². The normalized spacial score (nSPS) is 14.9. The van der Waals surface area contributed by atoms with Gasteiger partial charge in [0.25, 0.3) is 0 Å². The van der Waals surface area contributed by atoms with Gasteiger partial charge in [-0.1, -0.05) is 0 Å². The van der Waals surface area contributed by atoms with Crippen LogP contribution in [0.4, 0.5) is 4.79 Å². The third kappa shape index (κ3) is 3.47. The molecule has 0 unspecified atom stereocenters. The summed E-state index contributed by atoms with van der Waals surface area (Å²) >= 11 is 0. The minimum atomic E-state index is -0.408. The van der Waals surface area contributed by atoms with Gasteiger partial charge in [-0.15, -0.1) is 0 Å². The van der Waals surface area contributed by atoms with Crippen LogP contribution in [0.1, 0.15) is 29.6 Å². The molecule has 1 fully saturated rings. The smallest absolute Gasteiger partial charge is 0.415 e. The van der Waals surface area contributed by atoms with Crippen molar-refractivity contribution in [1.82, 2.24) is 4.90 Å². The topological polar surface area (TPSA) is 55.8 Å². The molecule has 1 aromatic rings. The number of nitrogens with zero attached hydrogens (tertiary/aromatic N) is 1. The van der Waals surface area contributed by atoms with Crippen molar-refractivity contribution in [3.8, 4) is 5.75 Å². The van der Waals surface area contributed by atoms with Crippen LogP contribution in [0.25, 0.3) is 0 Å². The zero-order valence-electron chi connectivity index (χ0n) is 10.9. The highest BCUT2D eigenvalue weighted by Crippen LogP contribution is 2.16. The average Bonchev–Trinajstić information content (AvgIpc) is 2.48. The van der Waals surface area contributed by atoms with E-state index in [1.807, 2.05) is 0 Å². The van der Waals surface area contributed by atoms with Crippen molar-refractivity contribution < 1.29 is 19.1 Å². The lowest BCUT2D eigenvalue weighted by atomic mass is 10.1. The fourth-order valence-corrected chi connectivity index (χ4v) is 2.02. The third-order valence-corrected chi connectivity index (χ3v) is 3.09. The zero-order valence-corrected chi connectivity index (χ0v) is 10.9. The van der Waals surface area contributed by atoms with Gasteiger partial charge < -0.3 is 14.4 Å². The number of hydrogen-bond acceptors (Lipinski definition) is 4. The van der Waals surface area contributed by atoms with Crippen LogP contribution in [0.3, 0.4) is 0 Å². The first-order chi connectivity index (χ1) is 9.20. The van der Waals surface area contributed by atoms with Gasteiger partial charge in [0.05, 0.1) is 12.7 Å². The number of hydrogen-bond donors (Lipinski definition) is 0. The molecule has 1 aromatic carbocycles. The highest BCUT2D eigenvalue weighted by Gasteiger charge is 2.18. The standard InChI is InChI=1S/C14H17NO4/c1-18-13(16)11-5-7-12(8-6-11)19-14(17)15-9-3-2-4-10-15/h5-8H,2-4,9-10H2,1H3. The van der Waals surface area contributed by atoms with E-state index in [1.54, 1.807) is 29.2 Å². The molecule has 5 nitrogen and oxygen atoms in total. The van der Waals surface area contributed by atoms with E-state index in [0.29, 0.717) is 11.3 Å². The number of benzene rings is 1. The first-order valence-corrected chi connectivity index (χ1v) is 6.36. The SMILES string of the molecule is COC(=O)c1ccc(OC(=O)N2CCCCC2)cc1. The second-order valence-electron chi connectivity index (χ2n) is 4.43. The molecule has 0 bridgehead atoms. The fourth-order valence-electron chi connectivity index (χ4n) is 2.02. The zero-order chi connectivity index (χ0) is 13.7. The summed E-state index contributed by atoms with van der Waals surface area (Å²) in [6, 6.07) is 6.33. The van der Waals surface area contributed by atoms with Gasteiger partial charge in [-0.2, -0.15) is 0 Å². The first kappa shape index (κ1) is 13.4. The van der Waals surface area contributed by atoms with Crippen LogP contribution in [0.15, 0.2) is 24.3 Å². The average molecular weight is 263 g/mol. The van der Waals surface area contributed by atoms with Crippen LogP contribution in [0, 0.1) is 0 Å². The van der Waals surface area contributed by atoms with Crippen molar-refractivity contribution in [1.29, 1.82) is 0 Å². The maximum Gasteiger partial charge on any atom is 0.415 e. The molecule has 1 saturated heterocycles. The molecule has 1 aliphatic rings. The van der Waals surface area contributed by atoms with Crippen molar-refractivity contribution >= 4 is 12.1 Å². The molecule has 0 aliphatic carbocycles. The molecular formula is C14H17NO4. The molecule has 0 saturated carbocycles. The summed E-state index contributed by atoms with van der Waals surface area (Å²) in [5.74, 6) is 0.0251. The van der Waals surface area contributed by atoms with Crippen LogP contribution in [0.5, 0.6) is 5.75 Å². The fraction of sp³-hybridized carbons (Fsp3) is 0.429. The Bertz CT molecular complexity index is 449. The summed E-state index contributed by atoms with van der Waals surface area (Å²) in [4.78, 5) is 24.8. The summed E-state index contributed by atoms with van der Waals surface area (Å²) in [5, 5.41) is 0. The van der Waals surface area contributed by atoms with Crippen molar-refractivity contribution in [2.24, 2.45) is 0 Å². The highest BCUT2D eigenvalue weighted by atomic mass is 16.6. The molecule has 1 amide bonds. The van der Waals surface area contributed by atoms with Crippen molar-refractivity contribution in [2.45, 2.75) is 19.3 Å². The number of carbonyl (C=O) groups is 2. The number of ether oxygens (including phenoxy) is 2. The molecule has 0 atom stereocenters. The van der Waals surface area contributed by atoms with E-state index in [0.717, 1.165) is 32.4 Å². The van der Waals surface area contributed by atoms with E-state index in [9.17, 15) is 9.59 Å². The van der Waals surface area contributed by atoms with Crippen molar-refractivity contribution in [3.05, 3.63) is 29.8 Å². The Morgan fingerprint density at radius 2 is 1.68 bits per heavy atom. The maximum absolute atomic E-state index is 11.9. The van der Waals surface area contributed by atoms with Crippen LogP contribution in [-0.4, -0.2) is 37.2 Å². The molecular weight excluding hydrogens is 246 g/mol. The highest BCUT2D eigenvalue weighted by molar-refractivity contribution is 5.89. The van der Waals surface area contributed by atoms with Crippen LogP contribution in [-0.2, 0) is 4.74 Å². The minimum absolute atomic E-state index is 0.328. The number of amides is 1. The Hall–Kier alpha value is -2.04. The van der Waals surface area contributed by atoms with Gasteiger partial charge in [-0.05, 0) is 43.5 Å². The molecule has 19 heavy (non-hydrogen) atoms. The third-order valence-electron chi connectivity index (χ3n) is 3.09. The predicted octanol–water partition coefficient (Wildman–Crippen LogP) is 2.46. The number of esters is 1. The van der Waals surface area contributed by atoms with E-state index in [4.69, 9.17) is 4.74 Å². The molecule has 2 rings (SSSR count). The molecule has 0 radical (unpaired) electrons. The quantitative estimate of drug-likeness (QED) is 0.769. The first-order valence-electron chi connectivity index (χ1n) is 6.36. The Morgan fingerprint density at radius 3 is 2.26 bits per heavy atom. The molecule has 5 heteroatoms. The van der Waals surface area contributed by atoms with Gasteiger partial charge in [0, 0.05) is 13.1 Å². The summed E-state index contributed by atoms with van der Waals surface area (Å²) in [5.41, 5.74) is 0.431. The number of piperidine rings is 1. The van der Waals surface area contributed by atoms with Crippen LogP contribution >= 0.6 is 0 Å². The van der Waals surface area contributed by atoms with Crippen LogP contribution in [0.2, 0.25) is 0 Å². The second kappa shape index (κ2) is 6.22. The largest absolute Gasteiger partial charge is 0.465 e. The van der Waals surface area contributed by atoms with E-state index in [-0.39, 0.29) is 6.09 Å². The van der Waals surface area contributed by atoms with Gasteiger partial charge in [0.2, 0.25) is 0 Å². The minimum Gasteiger partial charge on any atom is -0.465 e. The molecule has 1 heterocycles. The molecule has 0 N–H and O–H groups in total. The number of likely N-dealkylation sites (tertiary alicyclic amines) is 1. The van der Waals surface area contributed by atoms with Crippen LogP contribution < -0.4 is 4.74 Å². The van der Waals surface area contributed by atoms with Crippen molar-refractivity contribution in [3.63, 3.8) is 0 Å². The Balaban J connectivity index is 1.95. The Labute approximate surface area is 112 Å². The summed E-state index contributed by atoms with van der Waals surface area (Å²) in [7, 11) is 1.33.